The van der Waals surface area contributed by atoms with Crippen LogP contribution in [-0.4, -0.2) is 18.5 Å². The van der Waals surface area contributed by atoms with Crippen molar-refractivity contribution in [3.8, 4) is 0 Å². The van der Waals surface area contributed by atoms with Gasteiger partial charge in [-0.25, -0.2) is 0 Å². The van der Waals surface area contributed by atoms with Crippen molar-refractivity contribution in [2.75, 3.05) is 11.4 Å². The minimum absolute atomic E-state index is 0.0980. The molecule has 1 aromatic rings. The largest absolute Gasteiger partial charge is 0.320 e. The summed E-state index contributed by atoms with van der Waals surface area (Å²) in [5, 5.41) is 1.07. The summed E-state index contributed by atoms with van der Waals surface area (Å²) in [5.74, 6) is -0.0980. The Kier molecular flexibility index (Phi) is 2.87. The van der Waals surface area contributed by atoms with E-state index in [0.29, 0.717) is 28.7 Å². The molecular weight excluding hydrogens is 235 g/mol. The Morgan fingerprint density at radius 3 is 2.73 bits per heavy atom. The van der Waals surface area contributed by atoms with Crippen molar-refractivity contribution >= 4 is 34.8 Å². The summed E-state index contributed by atoms with van der Waals surface area (Å²) in [6, 6.07) is 4.63. The number of nitrogens with zero attached hydrogens (tertiary/aromatic N) is 1. The Morgan fingerprint density at radius 2 is 2.13 bits per heavy atom. The highest BCUT2D eigenvalue weighted by molar-refractivity contribution is 6.35. The van der Waals surface area contributed by atoms with Gasteiger partial charge >= 0.3 is 0 Å². The summed E-state index contributed by atoms with van der Waals surface area (Å²) in [7, 11) is 0. The lowest BCUT2D eigenvalue weighted by molar-refractivity contribution is -0.118. The second-order valence-corrected chi connectivity index (χ2v) is 4.32. The van der Waals surface area contributed by atoms with Crippen LogP contribution in [0.2, 0.25) is 10.0 Å². The van der Waals surface area contributed by atoms with E-state index in [2.05, 4.69) is 0 Å². The first-order valence-corrected chi connectivity index (χ1v) is 5.37. The van der Waals surface area contributed by atoms with Crippen molar-refractivity contribution in [3.05, 3.63) is 28.2 Å². The molecule has 1 amide bonds. The smallest absolute Gasteiger partial charge is 0.244 e. The standard InChI is InChI=1S/C10H10Cl2N2O/c11-6-1-2-7(12)9(5-6)14-4-3-8(13)10(14)15/h1-2,5,8H,3-4,13H2. The van der Waals surface area contributed by atoms with Gasteiger partial charge in [0.05, 0.1) is 16.8 Å². The Hall–Kier alpha value is -0.770. The van der Waals surface area contributed by atoms with Crippen molar-refractivity contribution in [1.82, 2.24) is 0 Å². The van der Waals surface area contributed by atoms with Crippen LogP contribution in [0, 0.1) is 0 Å². The number of carbonyl (C=O) groups excluding carboxylic acids is 1. The van der Waals surface area contributed by atoms with Crippen molar-refractivity contribution in [2.24, 2.45) is 5.73 Å². The lowest BCUT2D eigenvalue weighted by Crippen LogP contribution is -2.34. The summed E-state index contributed by atoms with van der Waals surface area (Å²) in [5.41, 5.74) is 6.27. The van der Waals surface area contributed by atoms with Gasteiger partial charge in [-0.2, -0.15) is 0 Å². The second kappa shape index (κ2) is 4.00. The van der Waals surface area contributed by atoms with E-state index in [1.54, 1.807) is 23.1 Å². The zero-order valence-electron chi connectivity index (χ0n) is 7.91. The number of rotatable bonds is 1. The van der Waals surface area contributed by atoms with Gasteiger partial charge in [0.1, 0.15) is 0 Å². The molecule has 1 fully saturated rings. The highest BCUT2D eigenvalue weighted by Gasteiger charge is 2.30. The summed E-state index contributed by atoms with van der Waals surface area (Å²) >= 11 is 11.8. The lowest BCUT2D eigenvalue weighted by Gasteiger charge is -2.17. The normalized spacial score (nSPS) is 21.1. The van der Waals surface area contributed by atoms with Crippen molar-refractivity contribution in [1.29, 1.82) is 0 Å². The molecule has 15 heavy (non-hydrogen) atoms. The molecule has 0 radical (unpaired) electrons. The molecule has 1 aliphatic rings. The zero-order valence-corrected chi connectivity index (χ0v) is 9.42. The number of anilines is 1. The first-order valence-electron chi connectivity index (χ1n) is 4.61. The van der Waals surface area contributed by atoms with E-state index < -0.39 is 6.04 Å². The van der Waals surface area contributed by atoms with Crippen LogP contribution in [0.3, 0.4) is 0 Å². The molecule has 1 aliphatic heterocycles. The van der Waals surface area contributed by atoms with Crippen LogP contribution >= 0.6 is 23.2 Å². The average Bonchev–Trinajstić information content (AvgIpc) is 2.52. The maximum atomic E-state index is 11.7. The molecule has 0 aromatic heterocycles. The molecule has 0 spiro atoms. The van der Waals surface area contributed by atoms with E-state index in [1.807, 2.05) is 0 Å². The molecule has 1 unspecified atom stereocenters. The molecule has 1 heterocycles. The number of amides is 1. The first-order chi connectivity index (χ1) is 7.09. The number of benzene rings is 1. The quantitative estimate of drug-likeness (QED) is 0.823. The van der Waals surface area contributed by atoms with Crippen LogP contribution in [0.1, 0.15) is 6.42 Å². The average molecular weight is 245 g/mol. The molecule has 80 valence electrons. The van der Waals surface area contributed by atoms with Crippen LogP contribution in [0.25, 0.3) is 0 Å². The van der Waals surface area contributed by atoms with Crippen molar-refractivity contribution in [2.45, 2.75) is 12.5 Å². The van der Waals surface area contributed by atoms with Crippen LogP contribution in [0.4, 0.5) is 5.69 Å². The summed E-state index contributed by atoms with van der Waals surface area (Å²) in [6.45, 7) is 0.597. The number of nitrogens with two attached hydrogens (primary N) is 1. The number of carbonyl (C=O) groups is 1. The molecule has 0 aliphatic carbocycles. The monoisotopic (exact) mass is 244 g/mol. The molecule has 2 rings (SSSR count). The molecule has 5 heteroatoms. The molecule has 0 bridgehead atoms. The summed E-state index contributed by atoms with van der Waals surface area (Å²) < 4.78 is 0. The number of halogens is 2. The molecule has 1 saturated heterocycles. The van der Waals surface area contributed by atoms with Crippen LogP contribution < -0.4 is 10.6 Å². The predicted molar refractivity (Wildman–Crippen MR) is 61.4 cm³/mol. The van der Waals surface area contributed by atoms with E-state index in [9.17, 15) is 4.79 Å². The van der Waals surface area contributed by atoms with Crippen LogP contribution in [-0.2, 0) is 4.79 Å². The van der Waals surface area contributed by atoms with E-state index in [1.165, 1.54) is 0 Å². The first kappa shape index (κ1) is 10.7. The molecule has 1 aromatic carbocycles. The van der Waals surface area contributed by atoms with Crippen LogP contribution in [0.5, 0.6) is 0 Å². The molecule has 3 nitrogen and oxygen atoms in total. The van der Waals surface area contributed by atoms with E-state index in [0.717, 1.165) is 0 Å². The molecular formula is C10H10Cl2N2O. The topological polar surface area (TPSA) is 46.3 Å². The van der Waals surface area contributed by atoms with E-state index >= 15 is 0 Å². The molecule has 0 saturated carbocycles. The van der Waals surface area contributed by atoms with Gasteiger partial charge in [-0.1, -0.05) is 23.2 Å². The van der Waals surface area contributed by atoms with Gasteiger partial charge in [0.15, 0.2) is 0 Å². The number of hydrogen-bond acceptors (Lipinski definition) is 2. The third-order valence-corrected chi connectivity index (χ3v) is 3.00. The van der Waals surface area contributed by atoms with Crippen LogP contribution in [0.15, 0.2) is 18.2 Å². The summed E-state index contributed by atoms with van der Waals surface area (Å²) in [4.78, 5) is 13.3. The minimum atomic E-state index is -0.417. The maximum Gasteiger partial charge on any atom is 0.244 e. The van der Waals surface area contributed by atoms with Gasteiger partial charge in [0.25, 0.3) is 0 Å². The van der Waals surface area contributed by atoms with Gasteiger partial charge in [-0.05, 0) is 24.6 Å². The highest BCUT2D eigenvalue weighted by atomic mass is 35.5. The van der Waals surface area contributed by atoms with Crippen molar-refractivity contribution < 1.29 is 4.79 Å². The van der Waals surface area contributed by atoms with Crippen molar-refractivity contribution in [3.63, 3.8) is 0 Å². The SMILES string of the molecule is NC1CCN(c2cc(Cl)ccc2Cl)C1=O. The summed E-state index contributed by atoms with van der Waals surface area (Å²) in [6.07, 6.45) is 0.654. The fourth-order valence-electron chi connectivity index (χ4n) is 1.63. The highest BCUT2D eigenvalue weighted by Crippen LogP contribution is 2.31. The Balaban J connectivity index is 2.37. The van der Waals surface area contributed by atoms with Gasteiger partial charge in [-0.15, -0.1) is 0 Å². The third kappa shape index (κ3) is 1.95. The fourth-order valence-corrected chi connectivity index (χ4v) is 2.02. The Labute approximate surface area is 97.8 Å². The predicted octanol–water partition coefficient (Wildman–Crippen LogP) is 2.06. The minimum Gasteiger partial charge on any atom is -0.320 e. The lowest BCUT2D eigenvalue weighted by atomic mass is 10.3. The van der Waals surface area contributed by atoms with Gasteiger partial charge in [-0.3, -0.25) is 4.79 Å². The molecule has 1 atom stereocenters. The van der Waals surface area contributed by atoms with Gasteiger partial charge in [0, 0.05) is 11.6 Å². The fraction of sp³-hybridized carbons (Fsp3) is 0.300. The maximum absolute atomic E-state index is 11.7. The van der Waals surface area contributed by atoms with E-state index in [-0.39, 0.29) is 5.91 Å². The van der Waals surface area contributed by atoms with Gasteiger partial charge in [0.2, 0.25) is 5.91 Å². The zero-order chi connectivity index (χ0) is 11.0. The van der Waals surface area contributed by atoms with E-state index in [4.69, 9.17) is 28.9 Å². The number of hydrogen-bond donors (Lipinski definition) is 1. The second-order valence-electron chi connectivity index (χ2n) is 3.48. The molecule has 2 N–H and O–H groups in total. The Bertz CT molecular complexity index is 408. The third-order valence-electron chi connectivity index (χ3n) is 2.45. The Morgan fingerprint density at radius 1 is 1.40 bits per heavy atom. The van der Waals surface area contributed by atoms with Gasteiger partial charge < -0.3 is 10.6 Å².